The lowest BCUT2D eigenvalue weighted by Crippen LogP contribution is -2.31. The number of amides is 1. The van der Waals surface area contributed by atoms with E-state index in [2.05, 4.69) is 5.10 Å². The number of carbonyl (C=O) groups is 1. The highest BCUT2D eigenvalue weighted by Crippen LogP contribution is 2.25. The van der Waals surface area contributed by atoms with E-state index in [1.165, 1.54) is 16.8 Å². The standard InChI is InChI=1S/C17H13Cl2N3O3S/c1-11-15(16(19)22(20-11)13-9-7-12(18)8-10-13)17(23)21-26(24,25)14-5-3-2-4-6-14/h2-10H,1H3,(H,21,23). The molecule has 9 heteroatoms. The van der Waals surface area contributed by atoms with Crippen molar-refractivity contribution in [1.82, 2.24) is 14.5 Å². The highest BCUT2D eigenvalue weighted by molar-refractivity contribution is 7.90. The summed E-state index contributed by atoms with van der Waals surface area (Å²) in [6.07, 6.45) is 0. The van der Waals surface area contributed by atoms with Crippen molar-refractivity contribution in [3.05, 3.63) is 76.0 Å². The Balaban J connectivity index is 1.95. The number of hydrogen-bond acceptors (Lipinski definition) is 4. The Hall–Kier alpha value is -2.35. The average molecular weight is 410 g/mol. The zero-order chi connectivity index (χ0) is 18.9. The fourth-order valence-corrected chi connectivity index (χ4v) is 3.81. The molecule has 3 aromatic rings. The van der Waals surface area contributed by atoms with Crippen molar-refractivity contribution < 1.29 is 13.2 Å². The van der Waals surface area contributed by atoms with Crippen LogP contribution in [0.25, 0.3) is 5.69 Å². The molecule has 0 aliphatic carbocycles. The number of sulfonamides is 1. The van der Waals surface area contributed by atoms with E-state index in [9.17, 15) is 13.2 Å². The van der Waals surface area contributed by atoms with Gasteiger partial charge in [0.2, 0.25) is 0 Å². The van der Waals surface area contributed by atoms with Crippen LogP contribution in [0.4, 0.5) is 0 Å². The zero-order valence-corrected chi connectivity index (χ0v) is 15.8. The summed E-state index contributed by atoms with van der Waals surface area (Å²) in [5.74, 6) is -0.850. The van der Waals surface area contributed by atoms with Crippen molar-refractivity contribution in [2.24, 2.45) is 0 Å². The summed E-state index contributed by atoms with van der Waals surface area (Å²) in [4.78, 5) is 12.5. The van der Waals surface area contributed by atoms with E-state index in [4.69, 9.17) is 23.2 Å². The summed E-state index contributed by atoms with van der Waals surface area (Å²) in [5, 5.41) is 4.77. The van der Waals surface area contributed by atoms with Gasteiger partial charge in [0.05, 0.1) is 16.3 Å². The van der Waals surface area contributed by atoms with Crippen LogP contribution in [0.1, 0.15) is 16.1 Å². The fraction of sp³-hybridized carbons (Fsp3) is 0.0588. The minimum atomic E-state index is -4.01. The van der Waals surface area contributed by atoms with E-state index in [1.54, 1.807) is 49.4 Å². The minimum Gasteiger partial charge on any atom is -0.268 e. The Labute approximate surface area is 160 Å². The number of benzene rings is 2. The Bertz CT molecular complexity index is 1060. The largest absolute Gasteiger partial charge is 0.270 e. The van der Waals surface area contributed by atoms with E-state index in [-0.39, 0.29) is 15.6 Å². The van der Waals surface area contributed by atoms with Gasteiger partial charge in [-0.1, -0.05) is 41.4 Å². The van der Waals surface area contributed by atoms with Crippen molar-refractivity contribution >= 4 is 39.1 Å². The molecule has 0 spiro atoms. The first-order chi connectivity index (χ1) is 12.3. The molecule has 3 rings (SSSR count). The summed E-state index contributed by atoms with van der Waals surface area (Å²) in [6.45, 7) is 1.57. The molecular formula is C17H13Cl2N3O3S. The summed E-state index contributed by atoms with van der Waals surface area (Å²) < 4.78 is 28.0. The smallest absolute Gasteiger partial charge is 0.268 e. The summed E-state index contributed by atoms with van der Waals surface area (Å²) >= 11 is 12.1. The molecule has 0 radical (unpaired) electrons. The van der Waals surface area contributed by atoms with Gasteiger partial charge in [0, 0.05) is 5.02 Å². The number of nitrogens with one attached hydrogen (secondary N) is 1. The topological polar surface area (TPSA) is 81.1 Å². The van der Waals surface area contributed by atoms with Crippen LogP contribution in [0.5, 0.6) is 0 Å². The van der Waals surface area contributed by atoms with Gasteiger partial charge >= 0.3 is 0 Å². The third-order valence-electron chi connectivity index (χ3n) is 3.58. The van der Waals surface area contributed by atoms with Gasteiger partial charge in [-0.05, 0) is 43.3 Å². The van der Waals surface area contributed by atoms with Gasteiger partial charge in [0.1, 0.15) is 10.7 Å². The highest BCUT2D eigenvalue weighted by atomic mass is 35.5. The summed E-state index contributed by atoms with van der Waals surface area (Å²) in [6, 6.07) is 14.3. The number of rotatable bonds is 4. The van der Waals surface area contributed by atoms with Crippen molar-refractivity contribution in [2.45, 2.75) is 11.8 Å². The predicted molar refractivity (Wildman–Crippen MR) is 99.4 cm³/mol. The number of aryl methyl sites for hydroxylation is 1. The van der Waals surface area contributed by atoms with Crippen molar-refractivity contribution in [1.29, 1.82) is 0 Å². The number of carbonyl (C=O) groups excluding carboxylic acids is 1. The second-order valence-corrected chi connectivity index (χ2v) is 7.86. The van der Waals surface area contributed by atoms with Crippen molar-refractivity contribution in [3.63, 3.8) is 0 Å². The van der Waals surface area contributed by atoms with Gasteiger partial charge in [-0.3, -0.25) is 4.79 Å². The lowest BCUT2D eigenvalue weighted by atomic mass is 10.2. The Morgan fingerprint density at radius 3 is 2.27 bits per heavy atom. The van der Waals surface area contributed by atoms with E-state index >= 15 is 0 Å². The van der Waals surface area contributed by atoms with Crippen LogP contribution in [-0.2, 0) is 10.0 Å². The molecule has 26 heavy (non-hydrogen) atoms. The molecule has 0 atom stereocenters. The van der Waals surface area contributed by atoms with Crippen LogP contribution >= 0.6 is 23.2 Å². The van der Waals surface area contributed by atoms with Crippen LogP contribution in [0.3, 0.4) is 0 Å². The maximum atomic E-state index is 12.5. The number of hydrogen-bond donors (Lipinski definition) is 1. The maximum Gasteiger partial charge on any atom is 0.270 e. The van der Waals surface area contributed by atoms with Gasteiger partial charge in [-0.2, -0.15) is 5.10 Å². The average Bonchev–Trinajstić information content (AvgIpc) is 2.90. The molecule has 1 amide bonds. The number of aromatic nitrogens is 2. The van der Waals surface area contributed by atoms with Crippen LogP contribution < -0.4 is 4.72 Å². The molecule has 134 valence electrons. The Morgan fingerprint density at radius 1 is 1.04 bits per heavy atom. The lowest BCUT2D eigenvalue weighted by Gasteiger charge is -2.07. The second kappa shape index (κ2) is 7.11. The van der Waals surface area contributed by atoms with Crippen molar-refractivity contribution in [2.75, 3.05) is 0 Å². The SMILES string of the molecule is Cc1nn(-c2ccc(Cl)cc2)c(Cl)c1C(=O)NS(=O)(=O)c1ccccc1. The highest BCUT2D eigenvalue weighted by Gasteiger charge is 2.25. The van der Waals surface area contributed by atoms with Gasteiger partial charge in [0.15, 0.2) is 0 Å². The Kier molecular flexibility index (Phi) is 5.04. The van der Waals surface area contributed by atoms with Crippen LogP contribution in [-0.4, -0.2) is 24.1 Å². The Morgan fingerprint density at radius 2 is 1.65 bits per heavy atom. The van der Waals surface area contributed by atoms with Crippen LogP contribution in [0, 0.1) is 6.92 Å². The minimum absolute atomic E-state index is 0.00517. The third-order valence-corrected chi connectivity index (χ3v) is 5.53. The van der Waals surface area contributed by atoms with Gasteiger partial charge < -0.3 is 0 Å². The molecule has 0 aliphatic heterocycles. The molecule has 1 aromatic heterocycles. The predicted octanol–water partition coefficient (Wildman–Crippen LogP) is 3.61. The molecule has 1 N–H and O–H groups in total. The molecule has 0 saturated carbocycles. The second-order valence-electron chi connectivity index (χ2n) is 5.39. The van der Waals surface area contributed by atoms with Crippen molar-refractivity contribution in [3.8, 4) is 5.69 Å². The number of halogens is 2. The first-order valence-electron chi connectivity index (χ1n) is 7.43. The first kappa shape index (κ1) is 18.4. The van der Waals surface area contributed by atoms with Gasteiger partial charge in [-0.25, -0.2) is 17.8 Å². The molecule has 0 saturated heterocycles. The van der Waals surface area contributed by atoms with E-state index in [0.717, 1.165) is 0 Å². The fourth-order valence-electron chi connectivity index (χ4n) is 2.34. The van der Waals surface area contributed by atoms with Gasteiger partial charge in [0.25, 0.3) is 15.9 Å². The number of nitrogens with zero attached hydrogens (tertiary/aromatic N) is 2. The van der Waals surface area contributed by atoms with Crippen LogP contribution in [0.2, 0.25) is 10.2 Å². The molecule has 0 aliphatic rings. The molecule has 0 fully saturated rings. The molecule has 0 bridgehead atoms. The van der Waals surface area contributed by atoms with E-state index < -0.39 is 15.9 Å². The third kappa shape index (κ3) is 3.60. The monoisotopic (exact) mass is 409 g/mol. The van der Waals surface area contributed by atoms with Crippen LogP contribution in [0.15, 0.2) is 59.5 Å². The first-order valence-corrected chi connectivity index (χ1v) is 9.67. The molecule has 2 aromatic carbocycles. The zero-order valence-electron chi connectivity index (χ0n) is 13.5. The molecule has 0 unspecified atom stereocenters. The van der Waals surface area contributed by atoms with E-state index in [1.807, 2.05) is 4.72 Å². The normalized spacial score (nSPS) is 11.3. The lowest BCUT2D eigenvalue weighted by molar-refractivity contribution is 0.0981. The summed E-state index contributed by atoms with van der Waals surface area (Å²) in [7, 11) is -4.01. The molecule has 6 nitrogen and oxygen atoms in total. The van der Waals surface area contributed by atoms with Gasteiger partial charge in [-0.15, -0.1) is 0 Å². The molecule has 1 heterocycles. The van der Waals surface area contributed by atoms with E-state index in [0.29, 0.717) is 16.4 Å². The molecular weight excluding hydrogens is 397 g/mol. The maximum absolute atomic E-state index is 12.5. The summed E-state index contributed by atoms with van der Waals surface area (Å²) in [5.41, 5.74) is 0.874. The quantitative estimate of drug-likeness (QED) is 0.713.